The van der Waals surface area contributed by atoms with Gasteiger partial charge in [0, 0.05) is 18.3 Å². The summed E-state index contributed by atoms with van der Waals surface area (Å²) in [6, 6.07) is 19.0. The number of carbonyl (C=O) groups is 1. The molecule has 0 aliphatic heterocycles. The van der Waals surface area contributed by atoms with Crippen LogP contribution in [0.15, 0.2) is 75.7 Å². The number of hydrogen-bond donors (Lipinski definition) is 1. The molecule has 0 radical (unpaired) electrons. The second kappa shape index (κ2) is 8.76. The van der Waals surface area contributed by atoms with Crippen LogP contribution in [0.4, 0.5) is 22.1 Å². The van der Waals surface area contributed by atoms with Gasteiger partial charge in [-0.1, -0.05) is 36.4 Å². The van der Waals surface area contributed by atoms with Crippen molar-refractivity contribution < 1.29 is 4.79 Å². The highest BCUT2D eigenvalue weighted by atomic mass is 32.1. The Balaban J connectivity index is 1.79. The summed E-state index contributed by atoms with van der Waals surface area (Å²) in [5.41, 5.74) is 3.62. The van der Waals surface area contributed by atoms with Crippen molar-refractivity contribution in [1.82, 2.24) is 9.36 Å². The summed E-state index contributed by atoms with van der Waals surface area (Å²) in [4.78, 5) is 25.9. The maximum Gasteiger partial charge on any atom is 0.299 e. The third-order valence-electron chi connectivity index (χ3n) is 5.24. The third kappa shape index (κ3) is 3.92. The second-order valence-corrected chi connectivity index (χ2v) is 8.41. The first-order chi connectivity index (χ1) is 15.4. The fourth-order valence-corrected chi connectivity index (χ4v) is 4.52. The van der Waals surface area contributed by atoms with Gasteiger partial charge in [0.1, 0.15) is 10.7 Å². The molecule has 32 heavy (non-hydrogen) atoms. The Morgan fingerprint density at radius 3 is 2.16 bits per heavy atom. The summed E-state index contributed by atoms with van der Waals surface area (Å²) in [6.45, 7) is 5.21. The van der Waals surface area contributed by atoms with Crippen LogP contribution in [0.2, 0.25) is 0 Å². The topological polar surface area (TPSA) is 80.8 Å². The first kappa shape index (κ1) is 21.5. The monoisotopic (exact) mass is 445 g/mol. The van der Waals surface area contributed by atoms with E-state index in [0.29, 0.717) is 21.3 Å². The Hall–Kier alpha value is -3.78. The van der Waals surface area contributed by atoms with Crippen molar-refractivity contribution in [1.29, 1.82) is 0 Å². The quantitative estimate of drug-likeness (QED) is 0.283. The van der Waals surface area contributed by atoms with Crippen LogP contribution in [-0.4, -0.2) is 15.1 Å². The Labute approximate surface area is 189 Å². The van der Waals surface area contributed by atoms with E-state index in [1.165, 1.54) is 18.3 Å². The molecule has 0 atom stereocenters. The van der Waals surface area contributed by atoms with Crippen LogP contribution in [0.5, 0.6) is 0 Å². The van der Waals surface area contributed by atoms with E-state index in [-0.39, 0.29) is 17.0 Å². The molecule has 0 bridgehead atoms. The molecule has 0 aliphatic carbocycles. The Kier molecular flexibility index (Phi) is 5.87. The van der Waals surface area contributed by atoms with Crippen molar-refractivity contribution in [2.24, 2.45) is 17.3 Å². The van der Waals surface area contributed by atoms with Gasteiger partial charge in [-0.15, -0.1) is 21.6 Å². The van der Waals surface area contributed by atoms with Gasteiger partial charge in [-0.25, -0.2) is 4.68 Å². The molecule has 0 unspecified atom stereocenters. The minimum Gasteiger partial charge on any atom is -0.345 e. The summed E-state index contributed by atoms with van der Waals surface area (Å²) in [5.74, 6) is -0.0348. The average molecular weight is 446 g/mol. The largest absolute Gasteiger partial charge is 0.345 e. The lowest BCUT2D eigenvalue weighted by molar-refractivity contribution is 0.102. The number of benzene rings is 2. The van der Waals surface area contributed by atoms with Crippen LogP contribution in [0.3, 0.4) is 0 Å². The summed E-state index contributed by atoms with van der Waals surface area (Å²) in [6.07, 6.45) is 0. The van der Waals surface area contributed by atoms with Gasteiger partial charge in [-0.3, -0.25) is 14.3 Å². The molecule has 0 aliphatic rings. The standard InChI is InChI=1S/C24H23N5O2S/c1-15-20(23(32-22(15)17(3)30)25-18-11-7-5-8-12-18)26-27-21-16(2)28(4)29(24(21)31)19-13-9-6-10-14-19/h5-14,25H,1-4H3. The number of hydrogen-bond acceptors (Lipinski definition) is 6. The molecule has 0 fully saturated rings. The van der Waals surface area contributed by atoms with Gasteiger partial charge >= 0.3 is 0 Å². The van der Waals surface area contributed by atoms with Gasteiger partial charge in [0.25, 0.3) is 5.56 Å². The average Bonchev–Trinajstić information content (AvgIpc) is 3.21. The van der Waals surface area contributed by atoms with E-state index < -0.39 is 0 Å². The highest BCUT2D eigenvalue weighted by Crippen LogP contribution is 2.42. The summed E-state index contributed by atoms with van der Waals surface area (Å²) >= 11 is 1.33. The number of nitrogens with zero attached hydrogens (tertiary/aromatic N) is 4. The van der Waals surface area contributed by atoms with Gasteiger partial charge in [-0.2, -0.15) is 0 Å². The highest BCUT2D eigenvalue weighted by molar-refractivity contribution is 7.19. The number of rotatable bonds is 6. The van der Waals surface area contributed by atoms with Crippen molar-refractivity contribution in [2.75, 3.05) is 5.32 Å². The third-order valence-corrected chi connectivity index (χ3v) is 6.54. The maximum absolute atomic E-state index is 13.1. The molecule has 0 amide bonds. The summed E-state index contributed by atoms with van der Waals surface area (Å²) < 4.78 is 3.32. The smallest absolute Gasteiger partial charge is 0.299 e. The fraction of sp³-hybridized carbons (Fsp3) is 0.167. The van der Waals surface area contributed by atoms with E-state index in [4.69, 9.17) is 0 Å². The second-order valence-electron chi connectivity index (χ2n) is 7.39. The van der Waals surface area contributed by atoms with Crippen LogP contribution in [0.25, 0.3) is 5.69 Å². The zero-order valence-electron chi connectivity index (χ0n) is 18.3. The van der Waals surface area contributed by atoms with E-state index in [1.54, 1.807) is 9.36 Å². The van der Waals surface area contributed by atoms with E-state index in [2.05, 4.69) is 15.5 Å². The molecule has 4 rings (SSSR count). The van der Waals surface area contributed by atoms with Gasteiger partial charge in [0.15, 0.2) is 11.5 Å². The minimum absolute atomic E-state index is 0.0348. The Bertz CT molecular complexity index is 1370. The molecule has 162 valence electrons. The van der Waals surface area contributed by atoms with E-state index in [9.17, 15) is 9.59 Å². The normalized spacial score (nSPS) is 11.2. The number of azo groups is 1. The maximum atomic E-state index is 13.1. The lowest BCUT2D eigenvalue weighted by Crippen LogP contribution is -2.19. The van der Waals surface area contributed by atoms with Crippen molar-refractivity contribution in [2.45, 2.75) is 20.8 Å². The molecular weight excluding hydrogens is 422 g/mol. The minimum atomic E-state index is -0.253. The van der Waals surface area contributed by atoms with Crippen molar-refractivity contribution in [3.63, 3.8) is 0 Å². The van der Waals surface area contributed by atoms with Crippen LogP contribution in [0, 0.1) is 13.8 Å². The summed E-state index contributed by atoms with van der Waals surface area (Å²) in [7, 11) is 1.81. The molecule has 1 N–H and O–H groups in total. The van der Waals surface area contributed by atoms with Gasteiger partial charge < -0.3 is 5.32 Å². The zero-order chi connectivity index (χ0) is 22.8. The van der Waals surface area contributed by atoms with Crippen LogP contribution in [-0.2, 0) is 7.05 Å². The van der Waals surface area contributed by atoms with Crippen molar-refractivity contribution in [3.8, 4) is 5.69 Å². The Morgan fingerprint density at radius 2 is 1.53 bits per heavy atom. The fourth-order valence-electron chi connectivity index (χ4n) is 3.47. The van der Waals surface area contributed by atoms with E-state index in [0.717, 1.165) is 16.9 Å². The number of para-hydroxylation sites is 2. The molecule has 2 aromatic heterocycles. The number of anilines is 2. The molecule has 4 aromatic rings. The van der Waals surface area contributed by atoms with Crippen molar-refractivity contribution in [3.05, 3.63) is 87.2 Å². The molecule has 2 heterocycles. The van der Waals surface area contributed by atoms with E-state index in [1.807, 2.05) is 81.6 Å². The SMILES string of the molecule is CC(=O)c1sc(Nc2ccccc2)c(N=Nc2c(C)n(C)n(-c3ccccc3)c2=O)c1C. The molecule has 7 nitrogen and oxygen atoms in total. The van der Waals surface area contributed by atoms with Crippen LogP contribution >= 0.6 is 11.3 Å². The predicted molar refractivity (Wildman–Crippen MR) is 129 cm³/mol. The number of carbonyl (C=O) groups excluding carboxylic acids is 1. The summed E-state index contributed by atoms with van der Waals surface area (Å²) in [5, 5.41) is 12.8. The number of Topliss-reactive ketones (excluding diaryl/α,β-unsaturated/α-hetero) is 1. The first-order valence-electron chi connectivity index (χ1n) is 10.1. The van der Waals surface area contributed by atoms with E-state index >= 15 is 0 Å². The number of ketones is 1. The molecule has 8 heteroatoms. The van der Waals surface area contributed by atoms with Gasteiger partial charge in [0.05, 0.1) is 16.3 Å². The predicted octanol–water partition coefficient (Wildman–Crippen LogP) is 6.22. The molecule has 0 saturated carbocycles. The van der Waals surface area contributed by atoms with Gasteiger partial charge in [-0.05, 0) is 45.0 Å². The number of thiophene rings is 1. The van der Waals surface area contributed by atoms with Crippen LogP contribution in [0.1, 0.15) is 27.9 Å². The lowest BCUT2D eigenvalue weighted by Gasteiger charge is -2.07. The first-order valence-corrected chi connectivity index (χ1v) is 10.9. The zero-order valence-corrected chi connectivity index (χ0v) is 19.1. The number of nitrogens with one attached hydrogen (secondary N) is 1. The molecule has 0 spiro atoms. The highest BCUT2D eigenvalue weighted by Gasteiger charge is 2.20. The van der Waals surface area contributed by atoms with Crippen molar-refractivity contribution >= 4 is 39.2 Å². The molecule has 0 saturated heterocycles. The Morgan fingerprint density at radius 1 is 0.938 bits per heavy atom. The van der Waals surface area contributed by atoms with Crippen LogP contribution < -0.4 is 10.9 Å². The molecular formula is C24H23N5O2S. The lowest BCUT2D eigenvalue weighted by atomic mass is 10.2. The molecule has 2 aromatic carbocycles. The number of aromatic nitrogens is 2. The van der Waals surface area contributed by atoms with Gasteiger partial charge in [0.2, 0.25) is 0 Å².